The molecule has 3 heteroatoms. The van der Waals surface area contributed by atoms with Crippen LogP contribution in [0.1, 0.15) is 11.1 Å². The van der Waals surface area contributed by atoms with E-state index in [9.17, 15) is 0 Å². The number of rotatable bonds is 5. The molecular formula is C15H18N2O. The number of para-hydroxylation sites is 1. The van der Waals surface area contributed by atoms with Gasteiger partial charge in [-0.3, -0.25) is 0 Å². The van der Waals surface area contributed by atoms with E-state index in [1.165, 1.54) is 11.1 Å². The minimum absolute atomic E-state index is 0.844. The highest BCUT2D eigenvalue weighted by molar-refractivity contribution is 5.38. The molecule has 1 aromatic carbocycles. The number of benzene rings is 1. The van der Waals surface area contributed by atoms with Gasteiger partial charge in [-0.1, -0.05) is 18.2 Å². The molecule has 1 heterocycles. The van der Waals surface area contributed by atoms with Gasteiger partial charge >= 0.3 is 0 Å². The van der Waals surface area contributed by atoms with Crippen molar-refractivity contribution in [1.82, 2.24) is 4.98 Å². The summed E-state index contributed by atoms with van der Waals surface area (Å²) in [6.07, 6.45) is 2.74. The van der Waals surface area contributed by atoms with Crippen LogP contribution in [0.15, 0.2) is 42.6 Å². The number of methoxy groups -OCH3 is 1. The summed E-state index contributed by atoms with van der Waals surface area (Å²) in [6, 6.07) is 12.1. The van der Waals surface area contributed by atoms with Gasteiger partial charge < -0.3 is 10.1 Å². The number of aromatic nitrogens is 1. The summed E-state index contributed by atoms with van der Waals surface area (Å²) in [4.78, 5) is 4.27. The van der Waals surface area contributed by atoms with Crippen LogP contribution < -0.4 is 10.1 Å². The molecule has 0 bridgehead atoms. The lowest BCUT2D eigenvalue weighted by molar-refractivity contribution is 0.410. The van der Waals surface area contributed by atoms with Crippen LogP contribution in [0.2, 0.25) is 0 Å². The van der Waals surface area contributed by atoms with Crippen molar-refractivity contribution in [3.63, 3.8) is 0 Å². The maximum atomic E-state index is 5.32. The highest BCUT2D eigenvalue weighted by Gasteiger charge is 2.01. The van der Waals surface area contributed by atoms with E-state index in [1.54, 1.807) is 7.11 Å². The summed E-state index contributed by atoms with van der Waals surface area (Å²) in [5.41, 5.74) is 2.42. The van der Waals surface area contributed by atoms with E-state index >= 15 is 0 Å². The Morgan fingerprint density at radius 3 is 2.83 bits per heavy atom. The fourth-order valence-corrected chi connectivity index (χ4v) is 1.87. The highest BCUT2D eigenvalue weighted by Crippen LogP contribution is 2.17. The second-order valence-corrected chi connectivity index (χ2v) is 4.21. The van der Waals surface area contributed by atoms with Crippen molar-refractivity contribution in [2.75, 3.05) is 19.0 Å². The van der Waals surface area contributed by atoms with Crippen LogP contribution in [0.25, 0.3) is 0 Å². The first-order chi connectivity index (χ1) is 8.79. The molecule has 1 N–H and O–H groups in total. The number of nitrogens with one attached hydrogen (secondary N) is 1. The maximum absolute atomic E-state index is 5.32. The van der Waals surface area contributed by atoms with Crippen molar-refractivity contribution < 1.29 is 4.74 Å². The Labute approximate surface area is 108 Å². The van der Waals surface area contributed by atoms with Crippen molar-refractivity contribution in [2.45, 2.75) is 13.3 Å². The molecular weight excluding hydrogens is 224 g/mol. The molecule has 0 aliphatic heterocycles. The zero-order valence-electron chi connectivity index (χ0n) is 10.8. The third kappa shape index (κ3) is 3.23. The lowest BCUT2D eigenvalue weighted by Crippen LogP contribution is -2.07. The van der Waals surface area contributed by atoms with Crippen molar-refractivity contribution >= 4 is 5.82 Å². The van der Waals surface area contributed by atoms with E-state index in [2.05, 4.69) is 23.3 Å². The first-order valence-corrected chi connectivity index (χ1v) is 6.08. The molecule has 2 rings (SSSR count). The Hall–Kier alpha value is -2.03. The largest absolute Gasteiger partial charge is 0.496 e. The van der Waals surface area contributed by atoms with Gasteiger partial charge in [0.25, 0.3) is 0 Å². The first kappa shape index (κ1) is 12.4. The third-order valence-corrected chi connectivity index (χ3v) is 2.81. The molecule has 0 saturated heterocycles. The van der Waals surface area contributed by atoms with Gasteiger partial charge in [-0.05, 0) is 42.7 Å². The Morgan fingerprint density at radius 2 is 2.06 bits per heavy atom. The Kier molecular flexibility index (Phi) is 4.18. The Bertz CT molecular complexity index is 511. The number of hydrogen-bond donors (Lipinski definition) is 1. The SMILES string of the molecule is COc1ccccc1CCNc1cc(C)ccn1. The molecule has 0 fully saturated rings. The average Bonchev–Trinajstić information content (AvgIpc) is 2.39. The van der Waals surface area contributed by atoms with E-state index in [0.29, 0.717) is 0 Å². The molecule has 0 saturated carbocycles. The van der Waals surface area contributed by atoms with Crippen molar-refractivity contribution in [2.24, 2.45) is 0 Å². The minimum atomic E-state index is 0.844. The number of nitrogens with zero attached hydrogens (tertiary/aromatic N) is 1. The molecule has 0 unspecified atom stereocenters. The van der Waals surface area contributed by atoms with Gasteiger partial charge in [-0.25, -0.2) is 4.98 Å². The van der Waals surface area contributed by atoms with Crippen LogP contribution in [0.3, 0.4) is 0 Å². The molecule has 0 aliphatic carbocycles. The number of hydrogen-bond acceptors (Lipinski definition) is 3. The second-order valence-electron chi connectivity index (χ2n) is 4.21. The van der Waals surface area contributed by atoms with Gasteiger partial charge in [-0.2, -0.15) is 0 Å². The van der Waals surface area contributed by atoms with Crippen molar-refractivity contribution in [3.05, 3.63) is 53.7 Å². The van der Waals surface area contributed by atoms with Crippen molar-refractivity contribution in [1.29, 1.82) is 0 Å². The molecule has 3 nitrogen and oxygen atoms in total. The number of anilines is 1. The molecule has 18 heavy (non-hydrogen) atoms. The van der Waals surface area contributed by atoms with E-state index in [4.69, 9.17) is 4.74 Å². The molecule has 0 atom stereocenters. The lowest BCUT2D eigenvalue weighted by Gasteiger charge is -2.09. The highest BCUT2D eigenvalue weighted by atomic mass is 16.5. The maximum Gasteiger partial charge on any atom is 0.126 e. The molecule has 2 aromatic rings. The predicted octanol–water partition coefficient (Wildman–Crippen LogP) is 3.05. The average molecular weight is 242 g/mol. The third-order valence-electron chi connectivity index (χ3n) is 2.81. The minimum Gasteiger partial charge on any atom is -0.496 e. The zero-order chi connectivity index (χ0) is 12.8. The van der Waals surface area contributed by atoms with E-state index < -0.39 is 0 Å². The van der Waals surface area contributed by atoms with Crippen LogP contribution in [-0.2, 0) is 6.42 Å². The summed E-state index contributed by atoms with van der Waals surface area (Å²) >= 11 is 0. The molecule has 94 valence electrons. The quantitative estimate of drug-likeness (QED) is 0.875. The normalized spacial score (nSPS) is 10.1. The monoisotopic (exact) mass is 242 g/mol. The number of pyridine rings is 1. The number of aryl methyl sites for hydroxylation is 1. The standard InChI is InChI=1S/C15H18N2O/c1-12-7-9-16-15(11-12)17-10-8-13-5-3-4-6-14(13)18-2/h3-7,9,11H,8,10H2,1-2H3,(H,16,17). The van der Waals surface area contributed by atoms with Crippen LogP contribution in [0, 0.1) is 6.92 Å². The van der Waals surface area contributed by atoms with Gasteiger partial charge in [0.05, 0.1) is 7.11 Å². The summed E-state index contributed by atoms with van der Waals surface area (Å²) in [5.74, 6) is 1.86. The molecule has 0 aliphatic rings. The topological polar surface area (TPSA) is 34.1 Å². The fourth-order valence-electron chi connectivity index (χ4n) is 1.87. The van der Waals surface area contributed by atoms with E-state index in [-0.39, 0.29) is 0 Å². The fraction of sp³-hybridized carbons (Fsp3) is 0.267. The van der Waals surface area contributed by atoms with Gasteiger partial charge in [0, 0.05) is 12.7 Å². The van der Waals surface area contributed by atoms with Crippen LogP contribution in [0.5, 0.6) is 5.75 Å². The number of ether oxygens (including phenoxy) is 1. The summed E-state index contributed by atoms with van der Waals surface area (Å²) in [5, 5.41) is 3.32. The van der Waals surface area contributed by atoms with E-state index in [1.807, 2.05) is 36.5 Å². The summed E-state index contributed by atoms with van der Waals surface area (Å²) in [6.45, 7) is 2.91. The molecule has 0 amide bonds. The van der Waals surface area contributed by atoms with Gasteiger partial charge in [0.2, 0.25) is 0 Å². The molecule has 1 aromatic heterocycles. The lowest BCUT2D eigenvalue weighted by atomic mass is 10.1. The predicted molar refractivity (Wildman–Crippen MR) is 74.2 cm³/mol. The molecule has 0 radical (unpaired) electrons. The van der Waals surface area contributed by atoms with E-state index in [0.717, 1.165) is 24.5 Å². The van der Waals surface area contributed by atoms with Crippen LogP contribution >= 0.6 is 0 Å². The Balaban J connectivity index is 1.92. The zero-order valence-corrected chi connectivity index (χ0v) is 10.8. The van der Waals surface area contributed by atoms with Gasteiger partial charge in [0.15, 0.2) is 0 Å². The van der Waals surface area contributed by atoms with Gasteiger partial charge in [0.1, 0.15) is 11.6 Å². The van der Waals surface area contributed by atoms with Gasteiger partial charge in [-0.15, -0.1) is 0 Å². The second kappa shape index (κ2) is 6.05. The summed E-state index contributed by atoms with van der Waals surface area (Å²) in [7, 11) is 1.70. The Morgan fingerprint density at radius 1 is 1.22 bits per heavy atom. The van der Waals surface area contributed by atoms with Crippen molar-refractivity contribution in [3.8, 4) is 5.75 Å². The first-order valence-electron chi connectivity index (χ1n) is 6.08. The van der Waals surface area contributed by atoms with Crippen LogP contribution in [-0.4, -0.2) is 18.6 Å². The van der Waals surface area contributed by atoms with Crippen LogP contribution in [0.4, 0.5) is 5.82 Å². The smallest absolute Gasteiger partial charge is 0.126 e. The molecule has 0 spiro atoms. The summed E-state index contributed by atoms with van der Waals surface area (Å²) < 4.78 is 5.32.